The summed E-state index contributed by atoms with van der Waals surface area (Å²) in [4.78, 5) is 33.6. The van der Waals surface area contributed by atoms with Crippen LogP contribution < -0.4 is 15.6 Å². The van der Waals surface area contributed by atoms with Crippen LogP contribution in [0.5, 0.6) is 5.75 Å². The molecule has 2 aromatic rings. The van der Waals surface area contributed by atoms with Crippen molar-refractivity contribution in [2.75, 3.05) is 7.11 Å². The van der Waals surface area contributed by atoms with Crippen LogP contribution >= 0.6 is 0 Å². The van der Waals surface area contributed by atoms with E-state index in [1.807, 2.05) is 0 Å². The molecule has 2 amide bonds. The van der Waals surface area contributed by atoms with Gasteiger partial charge in [0.05, 0.1) is 18.5 Å². The monoisotopic (exact) mass is 329 g/mol. The Hall–Kier alpha value is -3.42. The summed E-state index contributed by atoms with van der Waals surface area (Å²) in [6, 6.07) is 12.0. The van der Waals surface area contributed by atoms with E-state index in [1.54, 1.807) is 31.4 Å². The predicted molar refractivity (Wildman–Crippen MR) is 85.4 cm³/mol. The number of methoxy groups -OCH3 is 1. The summed E-state index contributed by atoms with van der Waals surface area (Å²) in [5, 5.41) is 10.6. The van der Waals surface area contributed by atoms with E-state index in [0.29, 0.717) is 5.75 Å². The Bertz CT molecular complexity index is 741. The molecule has 8 heteroatoms. The number of nitro benzene ring substituents is 1. The summed E-state index contributed by atoms with van der Waals surface area (Å²) < 4.78 is 5.03. The summed E-state index contributed by atoms with van der Waals surface area (Å²) in [6.45, 7) is 0. The fourth-order valence-electron chi connectivity index (χ4n) is 1.91. The summed E-state index contributed by atoms with van der Waals surface area (Å²) in [5.74, 6) is -0.269. The lowest BCUT2D eigenvalue weighted by Gasteiger charge is -2.08. The Labute approximate surface area is 137 Å². The zero-order valence-electron chi connectivity index (χ0n) is 12.8. The number of nitro groups is 1. The van der Waals surface area contributed by atoms with Gasteiger partial charge in [0.25, 0.3) is 11.6 Å². The molecule has 2 rings (SSSR count). The van der Waals surface area contributed by atoms with Gasteiger partial charge in [-0.1, -0.05) is 12.1 Å². The highest BCUT2D eigenvalue weighted by Crippen LogP contribution is 2.12. The van der Waals surface area contributed by atoms with Crippen LogP contribution in [-0.4, -0.2) is 23.8 Å². The maximum atomic E-state index is 11.9. The average molecular weight is 329 g/mol. The molecule has 0 aliphatic rings. The van der Waals surface area contributed by atoms with E-state index < -0.39 is 16.7 Å². The number of carbonyl (C=O) groups is 2. The number of carbonyl (C=O) groups excluding carboxylic acids is 2. The maximum absolute atomic E-state index is 11.9. The molecule has 8 nitrogen and oxygen atoms in total. The quantitative estimate of drug-likeness (QED) is 0.639. The lowest BCUT2D eigenvalue weighted by atomic mass is 10.1. The largest absolute Gasteiger partial charge is 0.497 e. The van der Waals surface area contributed by atoms with E-state index >= 15 is 0 Å². The predicted octanol–water partition coefficient (Wildman–Crippen LogP) is 1.61. The normalized spacial score (nSPS) is 9.88. The van der Waals surface area contributed by atoms with Gasteiger partial charge in [-0.2, -0.15) is 0 Å². The van der Waals surface area contributed by atoms with Crippen molar-refractivity contribution in [2.24, 2.45) is 0 Å². The minimum absolute atomic E-state index is 0.0878. The maximum Gasteiger partial charge on any atom is 0.269 e. The van der Waals surface area contributed by atoms with Gasteiger partial charge in [0.1, 0.15) is 5.75 Å². The van der Waals surface area contributed by atoms with Gasteiger partial charge in [0.15, 0.2) is 0 Å². The lowest BCUT2D eigenvalue weighted by molar-refractivity contribution is -0.384. The Balaban J connectivity index is 1.86. The highest BCUT2D eigenvalue weighted by atomic mass is 16.6. The first kappa shape index (κ1) is 16.9. The smallest absolute Gasteiger partial charge is 0.269 e. The molecule has 0 aliphatic heterocycles. The summed E-state index contributed by atoms with van der Waals surface area (Å²) in [6.07, 6.45) is 0.0878. The molecule has 2 aromatic carbocycles. The number of non-ortho nitro benzene ring substituents is 1. The Kier molecular flexibility index (Phi) is 5.45. The molecular formula is C16H15N3O5. The molecule has 0 spiro atoms. The lowest BCUT2D eigenvalue weighted by Crippen LogP contribution is -2.42. The van der Waals surface area contributed by atoms with Crippen molar-refractivity contribution in [3.63, 3.8) is 0 Å². The second-order valence-corrected chi connectivity index (χ2v) is 4.83. The number of benzene rings is 2. The van der Waals surface area contributed by atoms with Gasteiger partial charge in [0, 0.05) is 17.7 Å². The van der Waals surface area contributed by atoms with E-state index in [2.05, 4.69) is 10.9 Å². The van der Waals surface area contributed by atoms with E-state index in [-0.39, 0.29) is 17.7 Å². The van der Waals surface area contributed by atoms with E-state index in [1.165, 1.54) is 24.3 Å². The molecular weight excluding hydrogens is 314 g/mol. The molecule has 0 radical (unpaired) electrons. The van der Waals surface area contributed by atoms with Crippen molar-refractivity contribution >= 4 is 17.5 Å². The summed E-state index contributed by atoms with van der Waals surface area (Å²) >= 11 is 0. The number of amides is 2. The van der Waals surface area contributed by atoms with Crippen LogP contribution in [0.15, 0.2) is 48.5 Å². The first-order chi connectivity index (χ1) is 11.5. The Morgan fingerprint density at radius 3 is 2.21 bits per heavy atom. The van der Waals surface area contributed by atoms with Gasteiger partial charge in [-0.05, 0) is 29.8 Å². The number of hydrogen-bond donors (Lipinski definition) is 2. The van der Waals surface area contributed by atoms with Gasteiger partial charge < -0.3 is 4.74 Å². The minimum atomic E-state index is -0.562. The van der Waals surface area contributed by atoms with Crippen molar-refractivity contribution in [2.45, 2.75) is 6.42 Å². The van der Waals surface area contributed by atoms with Gasteiger partial charge in [-0.3, -0.25) is 30.6 Å². The number of ether oxygens (including phenoxy) is 1. The van der Waals surface area contributed by atoms with Gasteiger partial charge in [-0.15, -0.1) is 0 Å². The van der Waals surface area contributed by atoms with E-state index in [0.717, 1.165) is 5.56 Å². The van der Waals surface area contributed by atoms with Gasteiger partial charge in [0.2, 0.25) is 5.91 Å². The molecule has 0 aliphatic carbocycles. The first-order valence-corrected chi connectivity index (χ1v) is 6.96. The number of nitrogens with one attached hydrogen (secondary N) is 2. The fraction of sp³-hybridized carbons (Fsp3) is 0.125. The molecule has 0 aromatic heterocycles. The standard InChI is InChI=1S/C16H15N3O5/c1-24-14-8-2-11(3-9-14)10-15(20)17-18-16(21)12-4-6-13(7-5-12)19(22)23/h2-9H,10H2,1H3,(H,17,20)(H,18,21). The van der Waals surface area contributed by atoms with Gasteiger partial charge >= 0.3 is 0 Å². The molecule has 0 atom stereocenters. The summed E-state index contributed by atoms with van der Waals surface area (Å²) in [5.41, 5.74) is 5.39. The SMILES string of the molecule is COc1ccc(CC(=O)NNC(=O)c2ccc([N+](=O)[O-])cc2)cc1. The Morgan fingerprint density at radius 1 is 1.04 bits per heavy atom. The second-order valence-electron chi connectivity index (χ2n) is 4.83. The van der Waals surface area contributed by atoms with Crippen LogP contribution in [0.4, 0.5) is 5.69 Å². The topological polar surface area (TPSA) is 111 Å². The zero-order chi connectivity index (χ0) is 17.5. The molecule has 2 N–H and O–H groups in total. The molecule has 0 saturated heterocycles. The first-order valence-electron chi connectivity index (χ1n) is 6.96. The molecule has 24 heavy (non-hydrogen) atoms. The van der Waals surface area contributed by atoms with Gasteiger partial charge in [-0.25, -0.2) is 0 Å². The highest BCUT2D eigenvalue weighted by molar-refractivity contribution is 5.95. The van der Waals surface area contributed by atoms with Crippen molar-refractivity contribution in [1.29, 1.82) is 0 Å². The van der Waals surface area contributed by atoms with Crippen LogP contribution in [0.3, 0.4) is 0 Å². The van der Waals surface area contributed by atoms with Crippen molar-refractivity contribution in [3.8, 4) is 5.75 Å². The summed E-state index contributed by atoms with van der Waals surface area (Å²) in [7, 11) is 1.55. The third kappa shape index (κ3) is 4.54. The molecule has 124 valence electrons. The third-order valence-electron chi connectivity index (χ3n) is 3.18. The fourth-order valence-corrected chi connectivity index (χ4v) is 1.91. The van der Waals surface area contributed by atoms with Crippen LogP contribution in [0.25, 0.3) is 0 Å². The molecule has 0 fully saturated rings. The van der Waals surface area contributed by atoms with Crippen LogP contribution in [0.1, 0.15) is 15.9 Å². The van der Waals surface area contributed by atoms with Crippen LogP contribution in [0, 0.1) is 10.1 Å². The third-order valence-corrected chi connectivity index (χ3v) is 3.18. The van der Waals surface area contributed by atoms with Crippen molar-refractivity contribution < 1.29 is 19.2 Å². The molecule has 0 saturated carbocycles. The zero-order valence-corrected chi connectivity index (χ0v) is 12.8. The van der Waals surface area contributed by atoms with E-state index in [4.69, 9.17) is 4.74 Å². The van der Waals surface area contributed by atoms with Crippen molar-refractivity contribution in [3.05, 3.63) is 69.8 Å². The second kappa shape index (κ2) is 7.73. The Morgan fingerprint density at radius 2 is 1.67 bits per heavy atom. The number of nitrogens with zero attached hydrogens (tertiary/aromatic N) is 1. The highest BCUT2D eigenvalue weighted by Gasteiger charge is 2.10. The minimum Gasteiger partial charge on any atom is -0.497 e. The number of hydrogen-bond acceptors (Lipinski definition) is 5. The van der Waals surface area contributed by atoms with E-state index in [9.17, 15) is 19.7 Å². The number of hydrazine groups is 1. The molecule has 0 heterocycles. The van der Waals surface area contributed by atoms with Crippen LogP contribution in [0.2, 0.25) is 0 Å². The molecule has 0 unspecified atom stereocenters. The van der Waals surface area contributed by atoms with Crippen LogP contribution in [-0.2, 0) is 11.2 Å². The number of rotatable bonds is 5. The average Bonchev–Trinajstić information content (AvgIpc) is 2.60. The molecule has 0 bridgehead atoms. The van der Waals surface area contributed by atoms with Crippen molar-refractivity contribution in [1.82, 2.24) is 10.9 Å².